The van der Waals surface area contributed by atoms with Crippen LogP contribution < -0.4 is 5.32 Å². The minimum absolute atomic E-state index is 0.368. The van der Waals surface area contributed by atoms with Gasteiger partial charge >= 0.3 is 0 Å². The Bertz CT molecular complexity index is 185. The monoisotopic (exact) mass is 183 g/mol. The Morgan fingerprint density at radius 2 is 2.00 bits per heavy atom. The van der Waals surface area contributed by atoms with Gasteiger partial charge in [0.1, 0.15) is 0 Å². The van der Waals surface area contributed by atoms with E-state index in [0.717, 1.165) is 13.2 Å². The van der Waals surface area contributed by atoms with Crippen molar-refractivity contribution >= 4 is 0 Å². The fourth-order valence-electron chi connectivity index (χ4n) is 2.64. The SMILES string of the molecule is CC(C)(C)C1(C2CCCN2)COC1. The Kier molecular flexibility index (Phi) is 2.16. The van der Waals surface area contributed by atoms with Crippen LogP contribution in [0.15, 0.2) is 0 Å². The maximum atomic E-state index is 5.44. The van der Waals surface area contributed by atoms with Crippen LogP contribution in [0.5, 0.6) is 0 Å². The van der Waals surface area contributed by atoms with Crippen LogP contribution in [0.1, 0.15) is 33.6 Å². The molecule has 1 N–H and O–H groups in total. The lowest BCUT2D eigenvalue weighted by Crippen LogP contribution is -2.61. The average molecular weight is 183 g/mol. The molecule has 2 saturated heterocycles. The van der Waals surface area contributed by atoms with Gasteiger partial charge in [-0.1, -0.05) is 20.8 Å². The Hall–Kier alpha value is -0.0800. The number of ether oxygens (including phenoxy) is 1. The van der Waals surface area contributed by atoms with Gasteiger partial charge in [0.25, 0.3) is 0 Å². The zero-order valence-electron chi connectivity index (χ0n) is 9.02. The van der Waals surface area contributed by atoms with Gasteiger partial charge in [0, 0.05) is 11.5 Å². The molecule has 0 radical (unpaired) electrons. The lowest BCUT2D eigenvalue weighted by Gasteiger charge is -2.54. The molecule has 1 atom stereocenters. The van der Waals surface area contributed by atoms with Gasteiger partial charge < -0.3 is 10.1 Å². The third-order valence-corrected chi connectivity index (χ3v) is 3.94. The van der Waals surface area contributed by atoms with Crippen molar-refractivity contribution in [1.82, 2.24) is 5.32 Å². The molecule has 2 nitrogen and oxygen atoms in total. The average Bonchev–Trinajstić information content (AvgIpc) is 2.32. The number of nitrogens with one attached hydrogen (secondary N) is 1. The van der Waals surface area contributed by atoms with Gasteiger partial charge in [0.2, 0.25) is 0 Å². The van der Waals surface area contributed by atoms with E-state index < -0.39 is 0 Å². The van der Waals surface area contributed by atoms with E-state index in [2.05, 4.69) is 26.1 Å². The molecule has 1 unspecified atom stereocenters. The molecule has 2 aliphatic heterocycles. The zero-order valence-corrected chi connectivity index (χ0v) is 9.02. The van der Waals surface area contributed by atoms with Crippen LogP contribution >= 0.6 is 0 Å². The van der Waals surface area contributed by atoms with E-state index in [1.807, 2.05) is 0 Å². The topological polar surface area (TPSA) is 21.3 Å². The van der Waals surface area contributed by atoms with Gasteiger partial charge in [-0.25, -0.2) is 0 Å². The number of hydrogen-bond donors (Lipinski definition) is 1. The van der Waals surface area contributed by atoms with Gasteiger partial charge in [-0.05, 0) is 24.8 Å². The first-order valence-electron chi connectivity index (χ1n) is 5.37. The molecular weight excluding hydrogens is 162 g/mol. The van der Waals surface area contributed by atoms with Crippen LogP contribution in [0.3, 0.4) is 0 Å². The fourth-order valence-corrected chi connectivity index (χ4v) is 2.64. The minimum atomic E-state index is 0.368. The fraction of sp³-hybridized carbons (Fsp3) is 1.00. The molecule has 2 rings (SSSR count). The van der Waals surface area contributed by atoms with Crippen LogP contribution in [-0.2, 0) is 4.74 Å². The largest absolute Gasteiger partial charge is 0.380 e. The summed E-state index contributed by atoms with van der Waals surface area (Å²) in [6.45, 7) is 10.1. The van der Waals surface area contributed by atoms with Crippen molar-refractivity contribution < 1.29 is 4.74 Å². The Labute approximate surface area is 81.0 Å². The lowest BCUT2D eigenvalue weighted by atomic mass is 9.60. The predicted octanol–water partition coefficient (Wildman–Crippen LogP) is 1.80. The summed E-state index contributed by atoms with van der Waals surface area (Å²) in [4.78, 5) is 0. The van der Waals surface area contributed by atoms with E-state index >= 15 is 0 Å². The Morgan fingerprint density at radius 3 is 2.31 bits per heavy atom. The van der Waals surface area contributed by atoms with Crippen LogP contribution in [0, 0.1) is 10.8 Å². The van der Waals surface area contributed by atoms with Crippen LogP contribution in [-0.4, -0.2) is 25.8 Å². The van der Waals surface area contributed by atoms with Crippen LogP contribution in [0.4, 0.5) is 0 Å². The molecule has 2 aliphatic rings. The van der Waals surface area contributed by atoms with E-state index in [0.29, 0.717) is 16.9 Å². The molecule has 0 bridgehead atoms. The quantitative estimate of drug-likeness (QED) is 0.669. The van der Waals surface area contributed by atoms with Crippen molar-refractivity contribution in [3.8, 4) is 0 Å². The van der Waals surface area contributed by atoms with Crippen molar-refractivity contribution in [2.75, 3.05) is 19.8 Å². The van der Waals surface area contributed by atoms with Gasteiger partial charge in [0.15, 0.2) is 0 Å². The summed E-state index contributed by atoms with van der Waals surface area (Å²) >= 11 is 0. The van der Waals surface area contributed by atoms with Gasteiger partial charge in [-0.15, -0.1) is 0 Å². The highest BCUT2D eigenvalue weighted by molar-refractivity contribution is 5.04. The second-order valence-electron chi connectivity index (χ2n) is 5.55. The first kappa shape index (κ1) is 9.47. The Balaban J connectivity index is 2.14. The lowest BCUT2D eigenvalue weighted by molar-refractivity contribution is -0.186. The maximum Gasteiger partial charge on any atom is 0.0564 e. The third-order valence-electron chi connectivity index (χ3n) is 3.94. The summed E-state index contributed by atoms with van der Waals surface area (Å²) in [5.74, 6) is 0. The van der Waals surface area contributed by atoms with E-state index in [-0.39, 0.29) is 0 Å². The van der Waals surface area contributed by atoms with E-state index in [4.69, 9.17) is 4.74 Å². The summed E-state index contributed by atoms with van der Waals surface area (Å²) in [5.41, 5.74) is 0.775. The Morgan fingerprint density at radius 1 is 1.31 bits per heavy atom. The zero-order chi connectivity index (χ0) is 9.53. The molecule has 0 aromatic heterocycles. The van der Waals surface area contributed by atoms with E-state index in [9.17, 15) is 0 Å². The van der Waals surface area contributed by atoms with Crippen molar-refractivity contribution in [3.63, 3.8) is 0 Å². The van der Waals surface area contributed by atoms with E-state index in [1.165, 1.54) is 19.4 Å². The van der Waals surface area contributed by atoms with Crippen LogP contribution in [0.2, 0.25) is 0 Å². The number of hydrogen-bond acceptors (Lipinski definition) is 2. The molecule has 0 spiro atoms. The van der Waals surface area contributed by atoms with Crippen molar-refractivity contribution in [3.05, 3.63) is 0 Å². The molecule has 0 aromatic carbocycles. The maximum absolute atomic E-state index is 5.44. The summed E-state index contributed by atoms with van der Waals surface area (Å²) in [6, 6.07) is 0.696. The second kappa shape index (κ2) is 2.96. The predicted molar refractivity (Wildman–Crippen MR) is 53.7 cm³/mol. The summed E-state index contributed by atoms with van der Waals surface area (Å²) in [7, 11) is 0. The van der Waals surface area contributed by atoms with E-state index in [1.54, 1.807) is 0 Å². The van der Waals surface area contributed by atoms with Gasteiger partial charge in [-0.2, -0.15) is 0 Å². The smallest absolute Gasteiger partial charge is 0.0564 e. The molecule has 0 saturated carbocycles. The van der Waals surface area contributed by atoms with Crippen molar-refractivity contribution in [1.29, 1.82) is 0 Å². The normalized spacial score (nSPS) is 33.0. The summed E-state index contributed by atoms with van der Waals surface area (Å²) in [5, 5.41) is 3.63. The highest BCUT2D eigenvalue weighted by Crippen LogP contribution is 2.49. The standard InChI is InChI=1S/C11H21NO/c1-10(2,3)11(7-13-8-11)9-5-4-6-12-9/h9,12H,4-8H2,1-3H3. The highest BCUT2D eigenvalue weighted by atomic mass is 16.5. The molecule has 0 amide bonds. The van der Waals surface area contributed by atoms with Gasteiger partial charge in [0.05, 0.1) is 13.2 Å². The first-order chi connectivity index (χ1) is 6.06. The van der Waals surface area contributed by atoms with Crippen molar-refractivity contribution in [2.24, 2.45) is 10.8 Å². The minimum Gasteiger partial charge on any atom is -0.380 e. The van der Waals surface area contributed by atoms with Crippen LogP contribution in [0.25, 0.3) is 0 Å². The van der Waals surface area contributed by atoms with Crippen molar-refractivity contribution in [2.45, 2.75) is 39.7 Å². The molecule has 0 aliphatic carbocycles. The molecule has 0 aromatic rings. The molecule has 2 fully saturated rings. The first-order valence-corrected chi connectivity index (χ1v) is 5.37. The summed E-state index contributed by atoms with van der Waals surface area (Å²) in [6.07, 6.45) is 2.67. The molecule has 76 valence electrons. The molecular formula is C11H21NO. The molecule has 13 heavy (non-hydrogen) atoms. The number of rotatable bonds is 1. The molecule has 2 heteroatoms. The highest BCUT2D eigenvalue weighted by Gasteiger charge is 2.53. The summed E-state index contributed by atoms with van der Waals surface area (Å²) < 4.78 is 5.44. The second-order valence-corrected chi connectivity index (χ2v) is 5.55. The third kappa shape index (κ3) is 1.31. The molecule has 2 heterocycles. The van der Waals surface area contributed by atoms with Gasteiger partial charge in [-0.3, -0.25) is 0 Å².